The molecule has 1 aromatic carbocycles. The lowest BCUT2D eigenvalue weighted by Gasteiger charge is -2.15. The molecule has 0 saturated carbocycles. The summed E-state index contributed by atoms with van der Waals surface area (Å²) in [6.07, 6.45) is 0. The highest BCUT2D eigenvalue weighted by Gasteiger charge is 2.16. The van der Waals surface area contributed by atoms with Crippen LogP contribution < -0.4 is 15.8 Å². The van der Waals surface area contributed by atoms with Crippen molar-refractivity contribution in [3.05, 3.63) is 32.8 Å². The Hall–Kier alpha value is -1.67. The first-order valence-electron chi connectivity index (χ1n) is 5.54. The Kier molecular flexibility index (Phi) is 5.71. The Morgan fingerprint density at radius 2 is 2.26 bits per heavy atom. The molecule has 0 fully saturated rings. The SMILES string of the molecule is CCNC(COc1cc(Br)cc([N+](=O)[O-])c1)C(N)=O. The van der Waals surface area contributed by atoms with Crippen molar-refractivity contribution in [2.45, 2.75) is 13.0 Å². The minimum atomic E-state index is -0.636. The van der Waals surface area contributed by atoms with Gasteiger partial charge in [0.15, 0.2) is 0 Å². The number of amides is 1. The smallest absolute Gasteiger partial charge is 0.274 e. The highest BCUT2D eigenvalue weighted by atomic mass is 79.9. The maximum Gasteiger partial charge on any atom is 0.274 e. The highest BCUT2D eigenvalue weighted by Crippen LogP contribution is 2.26. The molecular weight excluding hydrogens is 318 g/mol. The molecule has 1 rings (SSSR count). The molecule has 7 nitrogen and oxygen atoms in total. The zero-order valence-electron chi connectivity index (χ0n) is 10.3. The lowest BCUT2D eigenvalue weighted by molar-refractivity contribution is -0.385. The van der Waals surface area contributed by atoms with Crippen LogP contribution >= 0.6 is 15.9 Å². The molecular formula is C11H14BrN3O4. The van der Waals surface area contributed by atoms with Crippen LogP contribution in [-0.2, 0) is 4.79 Å². The molecule has 0 aliphatic rings. The van der Waals surface area contributed by atoms with E-state index in [0.29, 0.717) is 16.8 Å². The van der Waals surface area contributed by atoms with E-state index in [0.717, 1.165) is 0 Å². The number of nitro groups is 1. The summed E-state index contributed by atoms with van der Waals surface area (Å²) in [6.45, 7) is 2.41. The van der Waals surface area contributed by atoms with E-state index in [4.69, 9.17) is 10.5 Å². The van der Waals surface area contributed by atoms with Gasteiger partial charge in [0.25, 0.3) is 5.69 Å². The number of benzene rings is 1. The number of nitrogens with zero attached hydrogens (tertiary/aromatic N) is 1. The minimum Gasteiger partial charge on any atom is -0.491 e. The van der Waals surface area contributed by atoms with E-state index in [1.54, 1.807) is 6.07 Å². The molecule has 3 N–H and O–H groups in total. The minimum absolute atomic E-state index is 0.0107. The van der Waals surface area contributed by atoms with E-state index in [9.17, 15) is 14.9 Å². The fourth-order valence-electron chi connectivity index (χ4n) is 1.40. The molecule has 0 saturated heterocycles. The number of nitrogens with two attached hydrogens (primary N) is 1. The molecule has 19 heavy (non-hydrogen) atoms. The maximum absolute atomic E-state index is 11.1. The van der Waals surface area contributed by atoms with Gasteiger partial charge in [-0.25, -0.2) is 0 Å². The third-order valence-electron chi connectivity index (χ3n) is 2.28. The fourth-order valence-corrected chi connectivity index (χ4v) is 1.86. The van der Waals surface area contributed by atoms with Crippen molar-refractivity contribution >= 4 is 27.5 Å². The van der Waals surface area contributed by atoms with Crippen molar-refractivity contribution in [3.8, 4) is 5.75 Å². The highest BCUT2D eigenvalue weighted by molar-refractivity contribution is 9.10. The van der Waals surface area contributed by atoms with Crippen LogP contribution in [0.25, 0.3) is 0 Å². The summed E-state index contributed by atoms with van der Waals surface area (Å²) in [5.74, 6) is -0.239. The molecule has 0 aliphatic carbocycles. The topological polar surface area (TPSA) is 107 Å². The van der Waals surface area contributed by atoms with E-state index in [1.165, 1.54) is 12.1 Å². The zero-order valence-corrected chi connectivity index (χ0v) is 11.8. The van der Waals surface area contributed by atoms with Gasteiger partial charge < -0.3 is 15.8 Å². The van der Waals surface area contributed by atoms with Crippen LogP contribution in [0.4, 0.5) is 5.69 Å². The summed E-state index contributed by atoms with van der Waals surface area (Å²) in [7, 11) is 0. The quantitative estimate of drug-likeness (QED) is 0.576. The van der Waals surface area contributed by atoms with Crippen LogP contribution in [0.1, 0.15) is 6.92 Å². The number of rotatable bonds is 7. The molecule has 0 aliphatic heterocycles. The van der Waals surface area contributed by atoms with Crippen molar-refractivity contribution < 1.29 is 14.5 Å². The van der Waals surface area contributed by atoms with Gasteiger partial charge in [0.1, 0.15) is 18.4 Å². The molecule has 104 valence electrons. The van der Waals surface area contributed by atoms with Crippen LogP contribution in [0.5, 0.6) is 5.75 Å². The van der Waals surface area contributed by atoms with Gasteiger partial charge in [-0.2, -0.15) is 0 Å². The number of nitrogens with one attached hydrogen (secondary N) is 1. The van der Waals surface area contributed by atoms with Gasteiger partial charge in [0, 0.05) is 10.5 Å². The molecule has 0 heterocycles. The van der Waals surface area contributed by atoms with E-state index < -0.39 is 16.9 Å². The van der Waals surface area contributed by atoms with Crippen LogP contribution in [0.3, 0.4) is 0 Å². The second-order valence-corrected chi connectivity index (χ2v) is 4.64. The van der Waals surface area contributed by atoms with Crippen LogP contribution in [-0.4, -0.2) is 30.0 Å². The lowest BCUT2D eigenvalue weighted by atomic mass is 10.3. The summed E-state index contributed by atoms with van der Waals surface area (Å²) in [5.41, 5.74) is 5.10. The molecule has 1 unspecified atom stereocenters. The number of ether oxygens (including phenoxy) is 1. The van der Waals surface area contributed by atoms with E-state index >= 15 is 0 Å². The van der Waals surface area contributed by atoms with Crippen molar-refractivity contribution in [3.63, 3.8) is 0 Å². The molecule has 0 radical (unpaired) electrons. The van der Waals surface area contributed by atoms with Gasteiger partial charge in [-0.1, -0.05) is 22.9 Å². The van der Waals surface area contributed by atoms with Crippen molar-refractivity contribution in [1.29, 1.82) is 0 Å². The van der Waals surface area contributed by atoms with Gasteiger partial charge >= 0.3 is 0 Å². The number of hydrogen-bond acceptors (Lipinski definition) is 5. The van der Waals surface area contributed by atoms with Gasteiger partial charge in [-0.05, 0) is 12.6 Å². The Morgan fingerprint density at radius 1 is 1.58 bits per heavy atom. The second-order valence-electron chi connectivity index (χ2n) is 3.73. The molecule has 1 amide bonds. The van der Waals surface area contributed by atoms with Gasteiger partial charge in [0.2, 0.25) is 5.91 Å². The third-order valence-corrected chi connectivity index (χ3v) is 2.74. The van der Waals surface area contributed by atoms with Gasteiger partial charge in [-0.3, -0.25) is 14.9 Å². The molecule has 1 aromatic rings. The number of carbonyl (C=O) groups excluding carboxylic acids is 1. The molecule has 0 spiro atoms. The second kappa shape index (κ2) is 7.05. The van der Waals surface area contributed by atoms with E-state index in [2.05, 4.69) is 21.2 Å². The average Bonchev–Trinajstić information content (AvgIpc) is 2.33. The van der Waals surface area contributed by atoms with Crippen LogP contribution in [0.15, 0.2) is 22.7 Å². The van der Waals surface area contributed by atoms with Crippen molar-refractivity contribution in [2.24, 2.45) is 5.73 Å². The van der Waals surface area contributed by atoms with Gasteiger partial charge in [-0.15, -0.1) is 0 Å². The number of likely N-dealkylation sites (N-methyl/N-ethyl adjacent to an activating group) is 1. The molecule has 8 heteroatoms. The predicted molar refractivity (Wildman–Crippen MR) is 73.0 cm³/mol. The monoisotopic (exact) mass is 331 g/mol. The number of carbonyl (C=O) groups is 1. The number of nitro benzene ring substituents is 1. The summed E-state index contributed by atoms with van der Waals surface area (Å²) in [5, 5.41) is 13.6. The summed E-state index contributed by atoms with van der Waals surface area (Å²) < 4.78 is 5.88. The predicted octanol–water partition coefficient (Wildman–Crippen LogP) is 1.20. The van der Waals surface area contributed by atoms with Crippen molar-refractivity contribution in [1.82, 2.24) is 5.32 Å². The van der Waals surface area contributed by atoms with Crippen molar-refractivity contribution in [2.75, 3.05) is 13.2 Å². The number of hydrogen-bond donors (Lipinski definition) is 2. The van der Waals surface area contributed by atoms with E-state index in [1.807, 2.05) is 6.92 Å². The first-order chi connectivity index (χ1) is 8.93. The zero-order chi connectivity index (χ0) is 14.4. The number of primary amides is 1. The van der Waals surface area contributed by atoms with Crippen LogP contribution in [0, 0.1) is 10.1 Å². The third kappa shape index (κ3) is 4.84. The molecule has 0 bridgehead atoms. The Bertz CT molecular complexity index is 481. The first kappa shape index (κ1) is 15.4. The Balaban J connectivity index is 2.76. The average molecular weight is 332 g/mol. The lowest BCUT2D eigenvalue weighted by Crippen LogP contribution is -2.45. The molecule has 0 aromatic heterocycles. The Labute approximate surface area is 118 Å². The van der Waals surface area contributed by atoms with Gasteiger partial charge in [0.05, 0.1) is 11.0 Å². The summed E-state index contributed by atoms with van der Waals surface area (Å²) in [6, 6.07) is 3.59. The molecule has 1 atom stereocenters. The Morgan fingerprint density at radius 3 is 2.79 bits per heavy atom. The van der Waals surface area contributed by atoms with E-state index in [-0.39, 0.29) is 12.3 Å². The largest absolute Gasteiger partial charge is 0.491 e. The number of halogens is 1. The first-order valence-corrected chi connectivity index (χ1v) is 6.33. The fraction of sp³-hybridized carbons (Fsp3) is 0.364. The summed E-state index contributed by atoms with van der Waals surface area (Å²) in [4.78, 5) is 21.3. The summed E-state index contributed by atoms with van der Waals surface area (Å²) >= 11 is 3.16. The van der Waals surface area contributed by atoms with Crippen LogP contribution in [0.2, 0.25) is 0 Å². The normalized spacial score (nSPS) is 11.9. The standard InChI is InChI=1S/C11H14BrN3O4/c1-2-14-10(11(13)16)6-19-9-4-7(12)3-8(5-9)15(17)18/h3-5,10,14H,2,6H2,1H3,(H2,13,16). The maximum atomic E-state index is 11.1. The number of non-ortho nitro benzene ring substituents is 1.